The lowest BCUT2D eigenvalue weighted by Gasteiger charge is -2.03. The van der Waals surface area contributed by atoms with E-state index in [0.717, 1.165) is 19.4 Å². The van der Waals surface area contributed by atoms with Crippen molar-refractivity contribution in [2.24, 2.45) is 4.99 Å². The highest BCUT2D eigenvalue weighted by atomic mass is 14.7. The Morgan fingerprint density at radius 2 is 0.792 bits per heavy atom. The van der Waals surface area contributed by atoms with Gasteiger partial charge in [0, 0.05) is 12.3 Å². The first-order valence-electron chi connectivity index (χ1n) is 11.4. The highest BCUT2D eigenvalue weighted by Crippen LogP contribution is 2.13. The molecule has 0 aromatic heterocycles. The molecule has 0 amide bonds. The molecule has 0 aliphatic carbocycles. The minimum atomic E-state index is 1.06. The Bertz CT molecular complexity index is 251. The Morgan fingerprint density at radius 1 is 0.458 bits per heavy atom. The predicted octanol–water partition coefficient (Wildman–Crippen LogP) is 8.51. The first-order chi connectivity index (χ1) is 11.8. The second-order valence-electron chi connectivity index (χ2n) is 7.46. The molecule has 1 heteroatoms. The van der Waals surface area contributed by atoms with Crippen LogP contribution in [0.15, 0.2) is 4.99 Å². The summed E-state index contributed by atoms with van der Waals surface area (Å²) in [4.78, 5) is 4.68. The molecule has 24 heavy (non-hydrogen) atoms. The fourth-order valence-corrected chi connectivity index (χ4v) is 3.37. The quantitative estimate of drug-likeness (QED) is 0.165. The third kappa shape index (κ3) is 18.0. The summed E-state index contributed by atoms with van der Waals surface area (Å²) in [6.45, 7) is 7.80. The van der Waals surface area contributed by atoms with E-state index < -0.39 is 0 Å². The number of rotatable bonds is 19. The minimum Gasteiger partial charge on any atom is -0.294 e. The number of hydrogen-bond acceptors (Lipinski definition) is 1. The van der Waals surface area contributed by atoms with Crippen LogP contribution in [0.1, 0.15) is 136 Å². The normalized spacial score (nSPS) is 11.0. The second kappa shape index (κ2) is 20.7. The third-order valence-electron chi connectivity index (χ3n) is 5.16. The van der Waals surface area contributed by atoms with E-state index in [4.69, 9.17) is 0 Å². The largest absolute Gasteiger partial charge is 0.294 e. The summed E-state index contributed by atoms with van der Waals surface area (Å²) in [5, 5.41) is 0. The van der Waals surface area contributed by atoms with Gasteiger partial charge in [0.15, 0.2) is 0 Å². The fourth-order valence-electron chi connectivity index (χ4n) is 3.37. The van der Waals surface area contributed by atoms with E-state index in [0.29, 0.717) is 0 Å². The summed E-state index contributed by atoms with van der Waals surface area (Å²) >= 11 is 0. The van der Waals surface area contributed by atoms with Crippen LogP contribution in [-0.4, -0.2) is 12.3 Å². The number of nitrogens with zero attached hydrogens (tertiary/aromatic N) is 1. The monoisotopic (exact) mass is 337 g/mol. The molecule has 0 spiro atoms. The first kappa shape index (κ1) is 23.7. The van der Waals surface area contributed by atoms with Gasteiger partial charge in [-0.15, -0.1) is 0 Å². The minimum absolute atomic E-state index is 1.06. The standard InChI is InChI=1S/C23H47N/c1-4-7-8-9-10-11-12-13-14-15-16-17-18-19-20-21-22-24-23(5-2)6-3/h4-22H2,1-3H3. The van der Waals surface area contributed by atoms with E-state index in [9.17, 15) is 0 Å². The van der Waals surface area contributed by atoms with Gasteiger partial charge in [0.1, 0.15) is 0 Å². The highest BCUT2D eigenvalue weighted by Gasteiger charge is 1.95. The molecule has 144 valence electrons. The zero-order valence-electron chi connectivity index (χ0n) is 17.4. The maximum absolute atomic E-state index is 4.68. The summed E-state index contributed by atoms with van der Waals surface area (Å²) in [5.74, 6) is 0. The van der Waals surface area contributed by atoms with Crippen molar-refractivity contribution in [1.82, 2.24) is 0 Å². The van der Waals surface area contributed by atoms with Crippen molar-refractivity contribution in [3.8, 4) is 0 Å². The molecule has 0 rings (SSSR count). The van der Waals surface area contributed by atoms with E-state index in [1.807, 2.05) is 0 Å². The van der Waals surface area contributed by atoms with Crippen LogP contribution in [0.5, 0.6) is 0 Å². The average molecular weight is 338 g/mol. The highest BCUT2D eigenvalue weighted by molar-refractivity contribution is 5.83. The molecule has 0 saturated carbocycles. The van der Waals surface area contributed by atoms with Crippen LogP contribution in [0.2, 0.25) is 0 Å². The molecule has 0 aromatic rings. The molecule has 0 bridgehead atoms. The molecular weight excluding hydrogens is 290 g/mol. The lowest BCUT2D eigenvalue weighted by molar-refractivity contribution is 0.530. The first-order valence-corrected chi connectivity index (χ1v) is 11.4. The summed E-state index contributed by atoms with van der Waals surface area (Å²) in [6.07, 6.45) is 25.3. The summed E-state index contributed by atoms with van der Waals surface area (Å²) in [6, 6.07) is 0. The SMILES string of the molecule is CCCCCCCCCCCCCCCCCCN=C(CC)CC. The van der Waals surface area contributed by atoms with Gasteiger partial charge in [-0.2, -0.15) is 0 Å². The lowest BCUT2D eigenvalue weighted by Crippen LogP contribution is -1.95. The average Bonchev–Trinajstić information content (AvgIpc) is 2.61. The van der Waals surface area contributed by atoms with Gasteiger partial charge in [-0.1, -0.05) is 117 Å². The Labute approximate surface area is 154 Å². The van der Waals surface area contributed by atoms with Gasteiger partial charge in [0.2, 0.25) is 0 Å². The number of aliphatic imine (C=N–C) groups is 1. The van der Waals surface area contributed by atoms with Gasteiger partial charge in [0.05, 0.1) is 0 Å². The molecule has 0 unspecified atom stereocenters. The molecule has 0 radical (unpaired) electrons. The van der Waals surface area contributed by atoms with Crippen LogP contribution in [0.3, 0.4) is 0 Å². The third-order valence-corrected chi connectivity index (χ3v) is 5.16. The molecule has 0 atom stereocenters. The lowest BCUT2D eigenvalue weighted by atomic mass is 10.0. The molecule has 1 nitrogen and oxygen atoms in total. The molecule has 0 N–H and O–H groups in total. The van der Waals surface area contributed by atoms with Crippen LogP contribution in [0.4, 0.5) is 0 Å². The predicted molar refractivity (Wildman–Crippen MR) is 112 cm³/mol. The van der Waals surface area contributed by atoms with Gasteiger partial charge in [-0.05, 0) is 19.3 Å². The van der Waals surface area contributed by atoms with Crippen molar-refractivity contribution in [2.45, 2.75) is 136 Å². The van der Waals surface area contributed by atoms with E-state index in [1.54, 1.807) is 0 Å². The zero-order chi connectivity index (χ0) is 17.7. The summed E-state index contributed by atoms with van der Waals surface area (Å²) in [7, 11) is 0. The maximum atomic E-state index is 4.68. The van der Waals surface area contributed by atoms with Crippen LogP contribution in [0.25, 0.3) is 0 Å². The van der Waals surface area contributed by atoms with Crippen LogP contribution < -0.4 is 0 Å². The molecule has 0 aromatic carbocycles. The number of hydrogen-bond donors (Lipinski definition) is 0. The smallest absolute Gasteiger partial charge is 0.0388 e. The second-order valence-corrected chi connectivity index (χ2v) is 7.46. The molecule has 0 aliphatic rings. The Balaban J connectivity index is 3.09. The van der Waals surface area contributed by atoms with Crippen LogP contribution in [-0.2, 0) is 0 Å². The Kier molecular flexibility index (Phi) is 20.4. The van der Waals surface area contributed by atoms with E-state index in [-0.39, 0.29) is 0 Å². The molecular formula is C23H47N. The van der Waals surface area contributed by atoms with Crippen LogP contribution in [0, 0.1) is 0 Å². The number of unbranched alkanes of at least 4 members (excludes halogenated alkanes) is 15. The van der Waals surface area contributed by atoms with Crippen molar-refractivity contribution in [3.63, 3.8) is 0 Å². The zero-order valence-corrected chi connectivity index (χ0v) is 17.4. The van der Waals surface area contributed by atoms with Gasteiger partial charge >= 0.3 is 0 Å². The maximum Gasteiger partial charge on any atom is 0.0388 e. The summed E-state index contributed by atoms with van der Waals surface area (Å²) in [5.41, 5.74) is 1.40. The molecule has 0 fully saturated rings. The fraction of sp³-hybridized carbons (Fsp3) is 0.957. The van der Waals surface area contributed by atoms with Gasteiger partial charge in [-0.25, -0.2) is 0 Å². The molecule has 0 heterocycles. The van der Waals surface area contributed by atoms with Gasteiger partial charge < -0.3 is 0 Å². The Morgan fingerprint density at radius 3 is 1.12 bits per heavy atom. The van der Waals surface area contributed by atoms with Crippen molar-refractivity contribution in [2.75, 3.05) is 6.54 Å². The van der Waals surface area contributed by atoms with E-state index in [2.05, 4.69) is 25.8 Å². The van der Waals surface area contributed by atoms with E-state index >= 15 is 0 Å². The van der Waals surface area contributed by atoms with Crippen molar-refractivity contribution < 1.29 is 0 Å². The van der Waals surface area contributed by atoms with E-state index in [1.165, 1.54) is 108 Å². The Hall–Kier alpha value is -0.330. The van der Waals surface area contributed by atoms with Crippen molar-refractivity contribution in [3.05, 3.63) is 0 Å². The molecule has 0 aliphatic heterocycles. The van der Waals surface area contributed by atoms with Crippen molar-refractivity contribution in [1.29, 1.82) is 0 Å². The van der Waals surface area contributed by atoms with Gasteiger partial charge in [0.25, 0.3) is 0 Å². The topological polar surface area (TPSA) is 12.4 Å². The van der Waals surface area contributed by atoms with Crippen LogP contribution >= 0.6 is 0 Å². The molecule has 0 saturated heterocycles. The van der Waals surface area contributed by atoms with Gasteiger partial charge in [-0.3, -0.25) is 4.99 Å². The van der Waals surface area contributed by atoms with Crippen molar-refractivity contribution >= 4 is 5.71 Å². The summed E-state index contributed by atoms with van der Waals surface area (Å²) < 4.78 is 0.